The minimum Gasteiger partial charge on any atom is -0.338 e. The highest BCUT2D eigenvalue weighted by Gasteiger charge is 2.26. The summed E-state index contributed by atoms with van der Waals surface area (Å²) in [6.07, 6.45) is 2.58. The molecule has 1 amide bonds. The molecular formula is C24H27N3O2S. The largest absolute Gasteiger partial charge is 0.338 e. The standard InChI is InChI=1S/C24H27N3O2S/c1-4-26-15-20(22(28)19-10-9-17(3)25-23(19)26)24(29)27-12-11-21(30-14-13-27)18-8-6-5-7-16(18)2/h5-10,15,21H,4,11-14H2,1-3H3/t21-/m1/s1. The number of fused-ring (bicyclic) bond motifs is 1. The van der Waals surface area contributed by atoms with Crippen molar-refractivity contribution >= 4 is 28.7 Å². The van der Waals surface area contributed by atoms with Crippen LogP contribution in [-0.4, -0.2) is 39.2 Å². The normalized spacial score (nSPS) is 17.2. The van der Waals surface area contributed by atoms with Crippen LogP contribution in [0.5, 0.6) is 0 Å². The SMILES string of the molecule is CCn1cc(C(=O)N2CCS[C@@H](c3ccccc3C)CC2)c(=O)c2ccc(C)nc21. The van der Waals surface area contributed by atoms with Gasteiger partial charge in [-0.3, -0.25) is 9.59 Å². The fraction of sp³-hybridized carbons (Fsp3) is 0.375. The molecule has 5 nitrogen and oxygen atoms in total. The third-order valence-electron chi connectivity index (χ3n) is 5.80. The van der Waals surface area contributed by atoms with Gasteiger partial charge in [-0.25, -0.2) is 4.98 Å². The average molecular weight is 422 g/mol. The van der Waals surface area contributed by atoms with Gasteiger partial charge in [0.2, 0.25) is 5.43 Å². The first-order chi connectivity index (χ1) is 14.5. The molecule has 0 unspecified atom stereocenters. The van der Waals surface area contributed by atoms with Crippen molar-refractivity contribution in [2.45, 2.75) is 39.0 Å². The summed E-state index contributed by atoms with van der Waals surface area (Å²) >= 11 is 1.90. The van der Waals surface area contributed by atoms with Crippen LogP contribution in [0.1, 0.15) is 45.8 Å². The zero-order chi connectivity index (χ0) is 21.3. The molecule has 0 bridgehead atoms. The summed E-state index contributed by atoms with van der Waals surface area (Å²) in [6.45, 7) is 8.00. The van der Waals surface area contributed by atoms with Gasteiger partial charge in [-0.1, -0.05) is 24.3 Å². The second-order valence-corrected chi connectivity index (χ2v) is 9.09. The second kappa shape index (κ2) is 8.64. The van der Waals surface area contributed by atoms with Gasteiger partial charge in [-0.05, 0) is 50.5 Å². The lowest BCUT2D eigenvalue weighted by Gasteiger charge is -2.21. The average Bonchev–Trinajstić information content (AvgIpc) is 3.00. The molecule has 0 saturated carbocycles. The summed E-state index contributed by atoms with van der Waals surface area (Å²) in [5.74, 6) is 0.692. The van der Waals surface area contributed by atoms with Crippen LogP contribution in [0.4, 0.5) is 0 Å². The van der Waals surface area contributed by atoms with E-state index in [1.54, 1.807) is 12.3 Å². The minimum atomic E-state index is -0.223. The number of hydrogen-bond donors (Lipinski definition) is 0. The van der Waals surface area contributed by atoms with Crippen molar-refractivity contribution in [2.24, 2.45) is 0 Å². The topological polar surface area (TPSA) is 55.2 Å². The van der Waals surface area contributed by atoms with E-state index >= 15 is 0 Å². The Labute approximate surface area is 181 Å². The Morgan fingerprint density at radius 3 is 2.73 bits per heavy atom. The molecule has 2 aromatic heterocycles. The van der Waals surface area contributed by atoms with Gasteiger partial charge in [0, 0.05) is 42.5 Å². The lowest BCUT2D eigenvalue weighted by molar-refractivity contribution is 0.0764. The maximum Gasteiger partial charge on any atom is 0.259 e. The van der Waals surface area contributed by atoms with Gasteiger partial charge in [0.15, 0.2) is 0 Å². The van der Waals surface area contributed by atoms with Crippen LogP contribution in [0, 0.1) is 13.8 Å². The minimum absolute atomic E-state index is 0.171. The van der Waals surface area contributed by atoms with Crippen molar-refractivity contribution in [1.29, 1.82) is 0 Å². The van der Waals surface area contributed by atoms with Crippen molar-refractivity contribution in [3.63, 3.8) is 0 Å². The fourth-order valence-corrected chi connectivity index (χ4v) is 5.42. The van der Waals surface area contributed by atoms with Crippen LogP contribution >= 0.6 is 11.8 Å². The molecule has 1 aromatic carbocycles. The number of benzene rings is 1. The van der Waals surface area contributed by atoms with Crippen LogP contribution < -0.4 is 5.43 Å². The maximum atomic E-state index is 13.3. The number of amides is 1. The highest BCUT2D eigenvalue weighted by molar-refractivity contribution is 7.99. The molecule has 1 fully saturated rings. The molecule has 1 aliphatic rings. The van der Waals surface area contributed by atoms with Gasteiger partial charge in [0.1, 0.15) is 11.2 Å². The second-order valence-electron chi connectivity index (χ2n) is 7.78. The predicted octanol–water partition coefficient (Wildman–Crippen LogP) is 4.35. The van der Waals surface area contributed by atoms with E-state index in [4.69, 9.17) is 0 Å². The zero-order valence-corrected chi connectivity index (χ0v) is 18.5. The summed E-state index contributed by atoms with van der Waals surface area (Å²) in [6, 6.07) is 12.1. The van der Waals surface area contributed by atoms with Gasteiger partial charge in [0.05, 0.1) is 5.39 Å². The maximum absolute atomic E-state index is 13.3. The zero-order valence-electron chi connectivity index (χ0n) is 17.7. The molecule has 0 N–H and O–H groups in total. The van der Waals surface area contributed by atoms with E-state index in [1.165, 1.54) is 11.1 Å². The fourth-order valence-electron chi connectivity index (χ4n) is 4.09. The van der Waals surface area contributed by atoms with Crippen molar-refractivity contribution in [3.8, 4) is 0 Å². The van der Waals surface area contributed by atoms with E-state index in [0.29, 0.717) is 35.9 Å². The van der Waals surface area contributed by atoms with Gasteiger partial charge in [0.25, 0.3) is 5.91 Å². The van der Waals surface area contributed by atoms with E-state index in [0.717, 1.165) is 17.9 Å². The van der Waals surface area contributed by atoms with E-state index in [2.05, 4.69) is 36.2 Å². The number of thioether (sulfide) groups is 1. The number of aromatic nitrogens is 2. The first-order valence-corrected chi connectivity index (χ1v) is 11.5. The number of carbonyl (C=O) groups excluding carboxylic acids is 1. The van der Waals surface area contributed by atoms with Gasteiger partial charge < -0.3 is 9.47 Å². The van der Waals surface area contributed by atoms with E-state index in [1.807, 2.05) is 41.1 Å². The Morgan fingerprint density at radius 1 is 1.17 bits per heavy atom. The van der Waals surface area contributed by atoms with Gasteiger partial charge in [-0.15, -0.1) is 0 Å². The number of carbonyl (C=O) groups is 1. The lowest BCUT2D eigenvalue weighted by Crippen LogP contribution is -2.36. The highest BCUT2D eigenvalue weighted by atomic mass is 32.2. The molecule has 156 valence electrons. The molecular weight excluding hydrogens is 394 g/mol. The molecule has 0 spiro atoms. The monoisotopic (exact) mass is 421 g/mol. The Kier molecular flexibility index (Phi) is 5.95. The highest BCUT2D eigenvalue weighted by Crippen LogP contribution is 2.36. The van der Waals surface area contributed by atoms with E-state index < -0.39 is 0 Å². The van der Waals surface area contributed by atoms with E-state index in [-0.39, 0.29) is 16.9 Å². The van der Waals surface area contributed by atoms with Crippen molar-refractivity contribution in [1.82, 2.24) is 14.5 Å². The number of nitrogens with zero attached hydrogens (tertiary/aromatic N) is 3. The van der Waals surface area contributed by atoms with E-state index in [9.17, 15) is 9.59 Å². The van der Waals surface area contributed by atoms with Crippen LogP contribution in [-0.2, 0) is 6.54 Å². The third kappa shape index (κ3) is 3.88. The van der Waals surface area contributed by atoms with Crippen LogP contribution in [0.2, 0.25) is 0 Å². The molecule has 6 heteroatoms. The lowest BCUT2D eigenvalue weighted by atomic mass is 10.0. The van der Waals surface area contributed by atoms with Crippen molar-refractivity contribution < 1.29 is 4.79 Å². The van der Waals surface area contributed by atoms with Crippen LogP contribution in [0.3, 0.4) is 0 Å². The molecule has 3 heterocycles. The number of rotatable bonds is 3. The Balaban J connectivity index is 1.63. The molecule has 1 aliphatic heterocycles. The molecule has 0 aliphatic carbocycles. The Bertz CT molecular complexity index is 1150. The number of aryl methyl sites for hydroxylation is 3. The van der Waals surface area contributed by atoms with Gasteiger partial charge >= 0.3 is 0 Å². The predicted molar refractivity (Wildman–Crippen MR) is 123 cm³/mol. The summed E-state index contributed by atoms with van der Waals surface area (Å²) in [5.41, 5.74) is 4.16. The molecule has 3 aromatic rings. The summed E-state index contributed by atoms with van der Waals surface area (Å²) in [7, 11) is 0. The summed E-state index contributed by atoms with van der Waals surface area (Å²) in [4.78, 5) is 32.8. The first kappa shape index (κ1) is 20.7. The Morgan fingerprint density at radius 2 is 1.97 bits per heavy atom. The molecule has 1 atom stereocenters. The smallest absolute Gasteiger partial charge is 0.259 e. The van der Waals surface area contributed by atoms with Crippen LogP contribution in [0.15, 0.2) is 47.4 Å². The quantitative estimate of drug-likeness (QED) is 0.631. The third-order valence-corrected chi connectivity index (χ3v) is 7.11. The Hall–Kier alpha value is -2.60. The molecule has 4 rings (SSSR count). The van der Waals surface area contributed by atoms with Crippen molar-refractivity contribution in [3.05, 3.63) is 75.2 Å². The first-order valence-electron chi connectivity index (χ1n) is 10.5. The molecule has 1 saturated heterocycles. The van der Waals surface area contributed by atoms with Crippen molar-refractivity contribution in [2.75, 3.05) is 18.8 Å². The molecule has 30 heavy (non-hydrogen) atoms. The van der Waals surface area contributed by atoms with Crippen LogP contribution in [0.25, 0.3) is 11.0 Å². The number of pyridine rings is 2. The summed E-state index contributed by atoms with van der Waals surface area (Å²) < 4.78 is 1.90. The van der Waals surface area contributed by atoms with Gasteiger partial charge in [-0.2, -0.15) is 11.8 Å². The number of hydrogen-bond acceptors (Lipinski definition) is 4. The summed E-state index contributed by atoms with van der Waals surface area (Å²) in [5, 5.41) is 0.885. The molecule has 0 radical (unpaired) electrons.